The van der Waals surface area contributed by atoms with Gasteiger partial charge < -0.3 is 10.4 Å². The smallest absolute Gasteiger partial charge is 0.123 e. The Morgan fingerprint density at radius 1 is 1.14 bits per heavy atom. The van der Waals surface area contributed by atoms with Crippen molar-refractivity contribution in [1.82, 2.24) is 0 Å². The van der Waals surface area contributed by atoms with Crippen molar-refractivity contribution in [1.29, 1.82) is 0 Å². The number of aryl methyl sites for hydroxylation is 2. The summed E-state index contributed by atoms with van der Waals surface area (Å²) in [7, 11) is 0. The van der Waals surface area contributed by atoms with Crippen LogP contribution in [-0.4, -0.2) is 11.1 Å². The van der Waals surface area contributed by atoms with Gasteiger partial charge >= 0.3 is 0 Å². The molecule has 0 fully saturated rings. The predicted octanol–water partition coefficient (Wildman–Crippen LogP) is 4.74. The highest BCUT2D eigenvalue weighted by atomic mass is 79.9. The third-order valence-corrected chi connectivity index (χ3v) is 4.88. The van der Waals surface area contributed by atoms with Crippen molar-refractivity contribution >= 4 is 21.6 Å². The van der Waals surface area contributed by atoms with Crippen LogP contribution in [0.2, 0.25) is 0 Å². The molecule has 2 N–H and O–H groups in total. The summed E-state index contributed by atoms with van der Waals surface area (Å²) in [5.41, 5.74) is 5.79. The fourth-order valence-corrected chi connectivity index (χ4v) is 3.47. The highest BCUT2D eigenvalue weighted by Gasteiger charge is 2.19. The van der Waals surface area contributed by atoms with Crippen molar-refractivity contribution in [3.63, 3.8) is 0 Å². The Kier molecular flexibility index (Phi) is 3.94. The van der Waals surface area contributed by atoms with Gasteiger partial charge in [-0.15, -0.1) is 0 Å². The summed E-state index contributed by atoms with van der Waals surface area (Å²) in [6.07, 6.45) is 3.26. The van der Waals surface area contributed by atoms with Gasteiger partial charge in [-0.2, -0.15) is 0 Å². The van der Waals surface area contributed by atoms with E-state index in [1.807, 2.05) is 19.9 Å². The zero-order valence-corrected chi connectivity index (χ0v) is 14.0. The average Bonchev–Trinajstić information content (AvgIpc) is 2.48. The lowest BCUT2D eigenvalue weighted by Crippen LogP contribution is -2.27. The van der Waals surface area contributed by atoms with Gasteiger partial charge in [0.1, 0.15) is 5.75 Å². The molecule has 3 rings (SSSR count). The lowest BCUT2D eigenvalue weighted by Gasteiger charge is -2.27. The first-order valence-electron chi connectivity index (χ1n) is 7.37. The van der Waals surface area contributed by atoms with Crippen LogP contribution in [-0.2, 0) is 12.8 Å². The monoisotopic (exact) mass is 345 g/mol. The number of hydrogen-bond acceptors (Lipinski definition) is 2. The average molecular weight is 346 g/mol. The molecule has 0 bridgehead atoms. The van der Waals surface area contributed by atoms with Crippen LogP contribution in [0, 0.1) is 13.8 Å². The van der Waals surface area contributed by atoms with Crippen LogP contribution in [0.3, 0.4) is 0 Å². The molecule has 1 atom stereocenters. The number of phenolic OH excluding ortho intramolecular Hbond substituents is 1. The molecule has 2 aromatic rings. The minimum absolute atomic E-state index is 0.403. The fraction of sp³-hybridized carbons (Fsp3) is 0.333. The van der Waals surface area contributed by atoms with Crippen LogP contribution in [0.15, 0.2) is 34.8 Å². The molecule has 1 aliphatic rings. The van der Waals surface area contributed by atoms with Gasteiger partial charge in [0.15, 0.2) is 0 Å². The minimum atomic E-state index is 0.403. The molecule has 0 aliphatic heterocycles. The molecule has 21 heavy (non-hydrogen) atoms. The standard InChI is InChI=1S/C18H20BrNO/c1-11-3-8-17(12(2)18(11)21)20-16-7-5-13-9-15(19)6-4-14(13)10-16/h3-4,6,8-9,16,20-21H,5,7,10H2,1-2H3. The summed E-state index contributed by atoms with van der Waals surface area (Å²) in [5, 5.41) is 13.7. The van der Waals surface area contributed by atoms with Gasteiger partial charge in [-0.05, 0) is 68.0 Å². The molecule has 0 amide bonds. The van der Waals surface area contributed by atoms with Crippen molar-refractivity contribution in [3.8, 4) is 5.75 Å². The molecule has 110 valence electrons. The van der Waals surface area contributed by atoms with Crippen molar-refractivity contribution < 1.29 is 5.11 Å². The number of nitrogens with one attached hydrogen (secondary N) is 1. The number of anilines is 1. The highest BCUT2D eigenvalue weighted by molar-refractivity contribution is 9.10. The molecule has 2 nitrogen and oxygen atoms in total. The zero-order valence-electron chi connectivity index (χ0n) is 12.4. The van der Waals surface area contributed by atoms with E-state index in [9.17, 15) is 5.11 Å². The first-order valence-corrected chi connectivity index (χ1v) is 8.17. The molecule has 1 aliphatic carbocycles. The Labute approximate surface area is 134 Å². The second-order valence-electron chi connectivity index (χ2n) is 5.90. The number of hydrogen-bond donors (Lipinski definition) is 2. The molecule has 0 saturated heterocycles. The van der Waals surface area contributed by atoms with E-state index in [1.165, 1.54) is 11.1 Å². The van der Waals surface area contributed by atoms with Gasteiger partial charge in [-0.25, -0.2) is 0 Å². The summed E-state index contributed by atoms with van der Waals surface area (Å²) >= 11 is 3.54. The molecular weight excluding hydrogens is 326 g/mol. The van der Waals surface area contributed by atoms with Crippen molar-refractivity contribution in [2.45, 2.75) is 39.2 Å². The van der Waals surface area contributed by atoms with E-state index in [-0.39, 0.29) is 0 Å². The predicted molar refractivity (Wildman–Crippen MR) is 91.2 cm³/mol. The van der Waals surface area contributed by atoms with Crippen LogP contribution >= 0.6 is 15.9 Å². The molecule has 1 unspecified atom stereocenters. The number of benzene rings is 2. The molecular formula is C18H20BrNO. The topological polar surface area (TPSA) is 32.3 Å². The Morgan fingerprint density at radius 3 is 2.76 bits per heavy atom. The summed E-state index contributed by atoms with van der Waals surface area (Å²) in [6.45, 7) is 3.90. The maximum atomic E-state index is 10.1. The second-order valence-corrected chi connectivity index (χ2v) is 6.82. The van der Waals surface area contributed by atoms with E-state index < -0.39 is 0 Å². The van der Waals surface area contributed by atoms with Crippen molar-refractivity contribution in [3.05, 3.63) is 57.1 Å². The lowest BCUT2D eigenvalue weighted by atomic mass is 9.88. The maximum absolute atomic E-state index is 10.1. The Balaban J connectivity index is 1.79. The summed E-state index contributed by atoms with van der Waals surface area (Å²) in [6, 6.07) is 11.0. The van der Waals surface area contributed by atoms with E-state index in [2.05, 4.69) is 45.5 Å². The Morgan fingerprint density at radius 2 is 1.95 bits per heavy atom. The number of rotatable bonds is 2. The third-order valence-electron chi connectivity index (χ3n) is 4.39. The van der Waals surface area contributed by atoms with Gasteiger partial charge in [-0.1, -0.05) is 28.1 Å². The summed E-state index contributed by atoms with van der Waals surface area (Å²) < 4.78 is 1.16. The Bertz CT molecular complexity index is 681. The van der Waals surface area contributed by atoms with Gasteiger partial charge in [0.25, 0.3) is 0 Å². The van der Waals surface area contributed by atoms with Gasteiger partial charge in [0.2, 0.25) is 0 Å². The minimum Gasteiger partial charge on any atom is -0.507 e. The number of phenols is 1. The quantitative estimate of drug-likeness (QED) is 0.823. The van der Waals surface area contributed by atoms with Gasteiger partial charge in [-0.3, -0.25) is 0 Å². The number of halogens is 1. The molecule has 0 aromatic heterocycles. The van der Waals surface area contributed by atoms with Crippen LogP contribution in [0.5, 0.6) is 5.75 Å². The van der Waals surface area contributed by atoms with Crippen LogP contribution in [0.25, 0.3) is 0 Å². The second kappa shape index (κ2) is 5.72. The van der Waals surface area contributed by atoms with E-state index in [0.717, 1.165) is 40.5 Å². The number of aromatic hydroxyl groups is 1. The largest absolute Gasteiger partial charge is 0.507 e. The van der Waals surface area contributed by atoms with Crippen LogP contribution in [0.4, 0.5) is 5.69 Å². The Hall–Kier alpha value is -1.48. The zero-order chi connectivity index (χ0) is 15.0. The molecule has 0 saturated carbocycles. The van der Waals surface area contributed by atoms with E-state index in [1.54, 1.807) is 0 Å². The first kappa shape index (κ1) is 14.5. The van der Waals surface area contributed by atoms with Gasteiger partial charge in [0.05, 0.1) is 0 Å². The van der Waals surface area contributed by atoms with Crippen molar-refractivity contribution in [2.75, 3.05) is 5.32 Å². The van der Waals surface area contributed by atoms with E-state index in [4.69, 9.17) is 0 Å². The van der Waals surface area contributed by atoms with Crippen molar-refractivity contribution in [2.24, 2.45) is 0 Å². The maximum Gasteiger partial charge on any atom is 0.123 e. The summed E-state index contributed by atoms with van der Waals surface area (Å²) in [4.78, 5) is 0. The highest BCUT2D eigenvalue weighted by Crippen LogP contribution is 2.31. The van der Waals surface area contributed by atoms with Crippen LogP contribution in [0.1, 0.15) is 28.7 Å². The first-order chi connectivity index (χ1) is 10.0. The fourth-order valence-electron chi connectivity index (χ4n) is 3.06. The molecule has 2 aromatic carbocycles. The molecule has 0 radical (unpaired) electrons. The molecule has 0 spiro atoms. The lowest BCUT2D eigenvalue weighted by molar-refractivity contribution is 0.467. The van der Waals surface area contributed by atoms with Gasteiger partial charge in [0, 0.05) is 21.8 Å². The molecule has 3 heteroatoms. The normalized spacial score (nSPS) is 17.4. The van der Waals surface area contributed by atoms with E-state index in [0.29, 0.717) is 11.8 Å². The SMILES string of the molecule is Cc1ccc(NC2CCc3cc(Br)ccc3C2)c(C)c1O. The van der Waals surface area contributed by atoms with E-state index >= 15 is 0 Å². The number of fused-ring (bicyclic) bond motifs is 1. The third kappa shape index (κ3) is 2.93. The summed E-state index contributed by atoms with van der Waals surface area (Å²) in [5.74, 6) is 0.403. The molecule has 0 heterocycles. The van der Waals surface area contributed by atoms with Crippen LogP contribution < -0.4 is 5.32 Å².